The number of nitrogens with two attached hydrogens (primary N) is 1. The van der Waals surface area contributed by atoms with Gasteiger partial charge >= 0.3 is 6.18 Å². The van der Waals surface area contributed by atoms with Crippen molar-refractivity contribution in [1.82, 2.24) is 4.90 Å². The summed E-state index contributed by atoms with van der Waals surface area (Å²) >= 11 is 0. The van der Waals surface area contributed by atoms with Crippen molar-refractivity contribution in [1.29, 1.82) is 0 Å². The summed E-state index contributed by atoms with van der Waals surface area (Å²) in [6.45, 7) is 0.0289. The molecule has 1 aromatic carbocycles. The fraction of sp³-hybridized carbons (Fsp3) is 0.611. The third-order valence-electron chi connectivity index (χ3n) is 5.13. The lowest BCUT2D eigenvalue weighted by Gasteiger charge is -2.26. The number of carbonyl (C=O) groups excluding carboxylic acids is 1. The Hall–Kier alpha value is -1.56. The van der Waals surface area contributed by atoms with Crippen molar-refractivity contribution in [3.05, 3.63) is 35.4 Å². The molecule has 0 aliphatic heterocycles. The van der Waals surface area contributed by atoms with Gasteiger partial charge in [0.2, 0.25) is 5.91 Å². The molecule has 6 heteroatoms. The fourth-order valence-corrected chi connectivity index (χ4v) is 3.59. The molecule has 0 saturated heterocycles. The number of nitrogens with zero attached hydrogens (tertiary/aromatic N) is 1. The second kappa shape index (κ2) is 6.75. The first-order valence-corrected chi connectivity index (χ1v) is 8.56. The first-order valence-electron chi connectivity index (χ1n) is 8.56. The smallest absolute Gasteiger partial charge is 0.335 e. The predicted octanol–water partition coefficient (Wildman–Crippen LogP) is 3.71. The van der Waals surface area contributed by atoms with Crippen molar-refractivity contribution in [2.75, 3.05) is 0 Å². The molecule has 0 unspecified atom stereocenters. The topological polar surface area (TPSA) is 46.3 Å². The molecule has 0 radical (unpaired) electrons. The van der Waals surface area contributed by atoms with E-state index in [1.54, 1.807) is 11.0 Å². The zero-order chi connectivity index (χ0) is 17.3. The molecular formula is C18H23F3N2O. The third kappa shape index (κ3) is 3.91. The van der Waals surface area contributed by atoms with E-state index in [0.29, 0.717) is 6.42 Å². The van der Waals surface area contributed by atoms with Crippen LogP contribution in [0.2, 0.25) is 0 Å². The molecule has 132 valence electrons. The summed E-state index contributed by atoms with van der Waals surface area (Å²) in [4.78, 5) is 14.3. The zero-order valence-corrected chi connectivity index (χ0v) is 13.6. The van der Waals surface area contributed by atoms with E-state index in [0.717, 1.165) is 38.2 Å². The molecule has 0 bridgehead atoms. The van der Waals surface area contributed by atoms with Gasteiger partial charge < -0.3 is 10.6 Å². The highest BCUT2D eigenvalue weighted by atomic mass is 19.4. The van der Waals surface area contributed by atoms with Gasteiger partial charge in [0.15, 0.2) is 0 Å². The van der Waals surface area contributed by atoms with Crippen molar-refractivity contribution in [3.8, 4) is 0 Å². The Morgan fingerprint density at radius 1 is 1.17 bits per heavy atom. The molecule has 3 rings (SSSR count). The molecule has 2 aliphatic carbocycles. The quantitative estimate of drug-likeness (QED) is 0.888. The first kappa shape index (κ1) is 17.3. The highest BCUT2D eigenvalue weighted by Gasteiger charge is 2.38. The maximum Gasteiger partial charge on any atom is 0.416 e. The minimum atomic E-state index is -4.40. The van der Waals surface area contributed by atoms with Gasteiger partial charge in [-0.2, -0.15) is 13.2 Å². The monoisotopic (exact) mass is 340 g/mol. The summed E-state index contributed by atoms with van der Waals surface area (Å²) in [6.07, 6.45) is 0.587. The van der Waals surface area contributed by atoms with Crippen LogP contribution in [0.1, 0.15) is 49.7 Å². The van der Waals surface area contributed by atoms with E-state index in [1.807, 2.05) is 0 Å². The number of carbonyl (C=O) groups is 1. The van der Waals surface area contributed by atoms with Gasteiger partial charge in [0, 0.05) is 25.0 Å². The molecule has 2 aliphatic rings. The van der Waals surface area contributed by atoms with Crippen molar-refractivity contribution >= 4 is 5.91 Å². The summed E-state index contributed by atoms with van der Waals surface area (Å²) in [5.74, 6) is 0.105. The van der Waals surface area contributed by atoms with Crippen LogP contribution in [0.5, 0.6) is 0 Å². The standard InChI is InChI=1S/C18H23F3N2O/c19-18(20,21)15-6-2-1-4-13(15)11-23(14-8-9-14)17(24)10-12-5-3-7-16(12)22/h1-2,4,6,12,14,16H,3,5,7-11,22H2/t12-,16+/m0/s1. The zero-order valence-electron chi connectivity index (χ0n) is 13.6. The summed E-state index contributed by atoms with van der Waals surface area (Å²) < 4.78 is 39.5. The third-order valence-corrected chi connectivity index (χ3v) is 5.13. The van der Waals surface area contributed by atoms with Crippen molar-refractivity contribution in [2.24, 2.45) is 11.7 Å². The van der Waals surface area contributed by atoms with E-state index in [1.165, 1.54) is 12.1 Å². The SMILES string of the molecule is N[C@@H]1CCC[C@H]1CC(=O)N(Cc1ccccc1C(F)(F)F)C1CC1. The molecule has 2 N–H and O–H groups in total. The van der Waals surface area contributed by atoms with E-state index >= 15 is 0 Å². The number of benzene rings is 1. The lowest BCUT2D eigenvalue weighted by atomic mass is 9.99. The first-order chi connectivity index (χ1) is 11.4. The average Bonchev–Trinajstić information content (AvgIpc) is 3.28. The number of hydrogen-bond donors (Lipinski definition) is 1. The minimum Gasteiger partial charge on any atom is -0.335 e. The predicted molar refractivity (Wildman–Crippen MR) is 84.9 cm³/mol. The molecule has 2 saturated carbocycles. The molecular weight excluding hydrogens is 317 g/mol. The van der Waals surface area contributed by atoms with Gasteiger partial charge in [-0.3, -0.25) is 4.79 Å². The average molecular weight is 340 g/mol. The lowest BCUT2D eigenvalue weighted by Crippen LogP contribution is -2.36. The Morgan fingerprint density at radius 3 is 2.46 bits per heavy atom. The van der Waals surface area contributed by atoms with Crippen molar-refractivity contribution in [3.63, 3.8) is 0 Å². The summed E-state index contributed by atoms with van der Waals surface area (Å²) in [7, 11) is 0. The number of amides is 1. The molecule has 2 fully saturated rings. The Balaban J connectivity index is 1.74. The van der Waals surface area contributed by atoms with Gasteiger partial charge in [-0.15, -0.1) is 0 Å². The van der Waals surface area contributed by atoms with E-state index in [2.05, 4.69) is 0 Å². The molecule has 24 heavy (non-hydrogen) atoms. The molecule has 0 heterocycles. The Labute approximate surface area is 140 Å². The molecule has 0 spiro atoms. The number of rotatable bonds is 5. The van der Waals surface area contributed by atoms with Gasteiger partial charge in [-0.25, -0.2) is 0 Å². The van der Waals surface area contributed by atoms with Gasteiger partial charge in [0.1, 0.15) is 0 Å². The number of alkyl halides is 3. The summed E-state index contributed by atoms with van der Waals surface area (Å²) in [5, 5.41) is 0. The second-order valence-corrected chi connectivity index (χ2v) is 6.97. The Kier molecular flexibility index (Phi) is 4.85. The van der Waals surface area contributed by atoms with E-state index in [-0.39, 0.29) is 36.0 Å². The van der Waals surface area contributed by atoms with Crippen LogP contribution >= 0.6 is 0 Å². The highest BCUT2D eigenvalue weighted by Crippen LogP contribution is 2.36. The van der Waals surface area contributed by atoms with Gasteiger partial charge in [-0.05, 0) is 43.2 Å². The van der Waals surface area contributed by atoms with Crippen LogP contribution < -0.4 is 5.73 Å². The molecule has 1 aromatic rings. The maximum atomic E-state index is 13.2. The molecule has 1 amide bonds. The van der Waals surface area contributed by atoms with E-state index < -0.39 is 11.7 Å². The minimum absolute atomic E-state index is 0.0289. The van der Waals surface area contributed by atoms with Gasteiger partial charge in [-0.1, -0.05) is 24.6 Å². The van der Waals surface area contributed by atoms with Crippen LogP contribution in [-0.4, -0.2) is 22.9 Å². The van der Waals surface area contributed by atoms with Crippen LogP contribution in [0.3, 0.4) is 0 Å². The Bertz CT molecular complexity index is 598. The van der Waals surface area contributed by atoms with Crippen LogP contribution in [0.4, 0.5) is 13.2 Å². The largest absolute Gasteiger partial charge is 0.416 e. The van der Waals surface area contributed by atoms with Crippen LogP contribution in [0.25, 0.3) is 0 Å². The fourth-order valence-electron chi connectivity index (χ4n) is 3.59. The Morgan fingerprint density at radius 2 is 1.88 bits per heavy atom. The van der Waals surface area contributed by atoms with Gasteiger partial charge in [0.25, 0.3) is 0 Å². The highest BCUT2D eigenvalue weighted by molar-refractivity contribution is 5.77. The maximum absolute atomic E-state index is 13.2. The lowest BCUT2D eigenvalue weighted by molar-refractivity contribution is -0.140. The molecule has 2 atom stereocenters. The van der Waals surface area contributed by atoms with Crippen LogP contribution in [-0.2, 0) is 17.5 Å². The number of hydrogen-bond acceptors (Lipinski definition) is 2. The van der Waals surface area contributed by atoms with Crippen molar-refractivity contribution < 1.29 is 18.0 Å². The normalized spacial score (nSPS) is 24.2. The van der Waals surface area contributed by atoms with Crippen LogP contribution in [0, 0.1) is 5.92 Å². The molecule has 3 nitrogen and oxygen atoms in total. The summed E-state index contributed by atoms with van der Waals surface area (Å²) in [6, 6.07) is 5.64. The van der Waals surface area contributed by atoms with E-state index in [4.69, 9.17) is 5.73 Å². The van der Waals surface area contributed by atoms with Crippen molar-refractivity contribution in [2.45, 2.75) is 63.3 Å². The number of halogens is 3. The van der Waals surface area contributed by atoms with Gasteiger partial charge in [0.05, 0.1) is 5.56 Å². The van der Waals surface area contributed by atoms with Crippen LogP contribution in [0.15, 0.2) is 24.3 Å². The molecule has 0 aromatic heterocycles. The second-order valence-electron chi connectivity index (χ2n) is 6.97. The van der Waals surface area contributed by atoms with E-state index in [9.17, 15) is 18.0 Å². The summed E-state index contributed by atoms with van der Waals surface area (Å²) in [5.41, 5.74) is 5.55.